The number of aliphatic hydroxyl groups is 1. The first-order valence-electron chi connectivity index (χ1n) is 9.95. The molecule has 0 spiro atoms. The zero-order chi connectivity index (χ0) is 20.0. The minimum atomic E-state index is 0.0370. The number of rotatable bonds is 14. The first kappa shape index (κ1) is 22.2. The number of benzene rings is 2. The number of aliphatic hydroxyl groups excluding tert-OH is 1. The van der Waals surface area contributed by atoms with Crippen LogP contribution in [0.5, 0.6) is 11.5 Å². The summed E-state index contributed by atoms with van der Waals surface area (Å²) in [6, 6.07) is 16.2. The van der Waals surface area contributed by atoms with Gasteiger partial charge in [-0.3, -0.25) is 0 Å². The lowest BCUT2D eigenvalue weighted by Crippen LogP contribution is -2.11. The standard InChI is InChI=1S/C23H32O5/c1-3-19(2)18-28-23-10-6-21(7-11-23)20-4-8-22(9-5-20)27-17-16-26-15-14-25-13-12-24/h4-11,19,24H,3,12-18H2,1-2H3/t19-/m1/s1. The van der Waals surface area contributed by atoms with Gasteiger partial charge in [0.2, 0.25) is 0 Å². The van der Waals surface area contributed by atoms with Crippen LogP contribution >= 0.6 is 0 Å². The van der Waals surface area contributed by atoms with Crippen molar-refractivity contribution >= 4 is 0 Å². The SMILES string of the molecule is CC[C@@H](C)COc1ccc(-c2ccc(OCCOCCOCCO)cc2)cc1. The summed E-state index contributed by atoms with van der Waals surface area (Å²) in [4.78, 5) is 0. The average molecular weight is 389 g/mol. The van der Waals surface area contributed by atoms with E-state index in [-0.39, 0.29) is 6.61 Å². The summed E-state index contributed by atoms with van der Waals surface area (Å²) in [5, 5.41) is 8.59. The summed E-state index contributed by atoms with van der Waals surface area (Å²) in [5.74, 6) is 2.29. The van der Waals surface area contributed by atoms with Crippen molar-refractivity contribution in [2.24, 2.45) is 5.92 Å². The highest BCUT2D eigenvalue weighted by atomic mass is 16.5. The molecular weight excluding hydrogens is 356 g/mol. The fraction of sp³-hybridized carbons (Fsp3) is 0.478. The Kier molecular flexibility index (Phi) is 10.4. The van der Waals surface area contributed by atoms with Crippen molar-refractivity contribution in [3.63, 3.8) is 0 Å². The lowest BCUT2D eigenvalue weighted by Gasteiger charge is -2.11. The van der Waals surface area contributed by atoms with Gasteiger partial charge in [-0.1, -0.05) is 44.5 Å². The Hall–Kier alpha value is -2.08. The van der Waals surface area contributed by atoms with Gasteiger partial charge in [0.15, 0.2) is 0 Å². The molecule has 2 aromatic carbocycles. The van der Waals surface area contributed by atoms with Gasteiger partial charge in [-0.25, -0.2) is 0 Å². The lowest BCUT2D eigenvalue weighted by atomic mass is 10.1. The molecule has 5 nitrogen and oxygen atoms in total. The van der Waals surface area contributed by atoms with Crippen molar-refractivity contribution in [1.82, 2.24) is 0 Å². The molecule has 0 saturated carbocycles. The Labute approximate surface area is 168 Å². The lowest BCUT2D eigenvalue weighted by molar-refractivity contribution is 0.0247. The molecule has 0 radical (unpaired) electrons. The summed E-state index contributed by atoms with van der Waals surface area (Å²) in [6.45, 7) is 7.47. The Morgan fingerprint density at radius 3 is 1.75 bits per heavy atom. The highest BCUT2D eigenvalue weighted by molar-refractivity contribution is 5.64. The molecule has 1 N–H and O–H groups in total. The fourth-order valence-corrected chi connectivity index (χ4v) is 2.45. The molecule has 0 heterocycles. The number of hydrogen-bond donors (Lipinski definition) is 1. The van der Waals surface area contributed by atoms with Gasteiger partial charge in [0.05, 0.1) is 39.6 Å². The maximum Gasteiger partial charge on any atom is 0.119 e. The maximum absolute atomic E-state index is 8.59. The topological polar surface area (TPSA) is 57.2 Å². The van der Waals surface area contributed by atoms with Crippen molar-refractivity contribution in [3.05, 3.63) is 48.5 Å². The minimum Gasteiger partial charge on any atom is -0.493 e. The molecule has 0 amide bonds. The van der Waals surface area contributed by atoms with E-state index >= 15 is 0 Å². The molecule has 154 valence electrons. The van der Waals surface area contributed by atoms with Gasteiger partial charge in [-0.05, 0) is 41.3 Å². The van der Waals surface area contributed by atoms with Gasteiger partial charge in [0.25, 0.3) is 0 Å². The van der Waals surface area contributed by atoms with E-state index in [0.29, 0.717) is 39.0 Å². The van der Waals surface area contributed by atoms with Crippen molar-refractivity contribution in [3.8, 4) is 22.6 Å². The minimum absolute atomic E-state index is 0.0370. The van der Waals surface area contributed by atoms with Gasteiger partial charge >= 0.3 is 0 Å². The second-order valence-electron chi connectivity index (χ2n) is 6.67. The smallest absolute Gasteiger partial charge is 0.119 e. The van der Waals surface area contributed by atoms with Crippen molar-refractivity contribution in [1.29, 1.82) is 0 Å². The Balaban J connectivity index is 1.71. The van der Waals surface area contributed by atoms with E-state index in [4.69, 9.17) is 24.1 Å². The molecular formula is C23H32O5. The van der Waals surface area contributed by atoms with Gasteiger partial charge in [-0.15, -0.1) is 0 Å². The Morgan fingerprint density at radius 2 is 1.21 bits per heavy atom. The van der Waals surface area contributed by atoms with Crippen molar-refractivity contribution in [2.45, 2.75) is 20.3 Å². The normalized spacial score (nSPS) is 12.0. The molecule has 2 aromatic rings. The monoisotopic (exact) mass is 388 g/mol. The molecule has 1 atom stereocenters. The third kappa shape index (κ3) is 8.30. The first-order valence-corrected chi connectivity index (χ1v) is 9.95. The van der Waals surface area contributed by atoms with Crippen LogP contribution < -0.4 is 9.47 Å². The zero-order valence-corrected chi connectivity index (χ0v) is 16.9. The molecule has 5 heteroatoms. The molecule has 0 aliphatic carbocycles. The first-order chi connectivity index (χ1) is 13.7. The third-order valence-corrected chi connectivity index (χ3v) is 4.38. The van der Waals surface area contributed by atoms with Crippen molar-refractivity contribution < 1.29 is 24.1 Å². The van der Waals surface area contributed by atoms with Crippen LogP contribution in [0.15, 0.2) is 48.5 Å². The molecule has 0 aliphatic heterocycles. The van der Waals surface area contributed by atoms with E-state index in [9.17, 15) is 0 Å². The van der Waals surface area contributed by atoms with Gasteiger partial charge < -0.3 is 24.1 Å². The van der Waals surface area contributed by atoms with Crippen LogP contribution in [0.25, 0.3) is 11.1 Å². The van der Waals surface area contributed by atoms with Crippen LogP contribution in [-0.4, -0.2) is 51.4 Å². The molecule has 0 unspecified atom stereocenters. The van der Waals surface area contributed by atoms with E-state index in [2.05, 4.69) is 26.0 Å². The molecule has 0 aliphatic rings. The zero-order valence-electron chi connectivity index (χ0n) is 16.9. The van der Waals surface area contributed by atoms with Gasteiger partial charge in [-0.2, -0.15) is 0 Å². The predicted molar refractivity (Wildman–Crippen MR) is 111 cm³/mol. The molecule has 0 saturated heterocycles. The second kappa shape index (κ2) is 13.2. The maximum atomic E-state index is 8.59. The fourth-order valence-electron chi connectivity index (χ4n) is 2.45. The summed E-state index contributed by atoms with van der Waals surface area (Å²) >= 11 is 0. The van der Waals surface area contributed by atoms with Crippen LogP contribution in [0.2, 0.25) is 0 Å². The van der Waals surface area contributed by atoms with E-state index in [1.54, 1.807) is 0 Å². The number of ether oxygens (including phenoxy) is 4. The predicted octanol–water partition coefficient (Wildman–Crippen LogP) is 4.18. The quantitative estimate of drug-likeness (QED) is 0.492. The average Bonchev–Trinajstić information content (AvgIpc) is 2.74. The van der Waals surface area contributed by atoms with Gasteiger partial charge in [0.1, 0.15) is 18.1 Å². The molecule has 0 aromatic heterocycles. The third-order valence-electron chi connectivity index (χ3n) is 4.38. The summed E-state index contributed by atoms with van der Waals surface area (Å²) in [6.07, 6.45) is 1.12. The van der Waals surface area contributed by atoms with Gasteiger partial charge in [0, 0.05) is 0 Å². The van der Waals surface area contributed by atoms with Crippen molar-refractivity contribution in [2.75, 3.05) is 46.2 Å². The largest absolute Gasteiger partial charge is 0.493 e. The highest BCUT2D eigenvalue weighted by Gasteiger charge is 2.03. The Morgan fingerprint density at radius 1 is 0.714 bits per heavy atom. The van der Waals surface area contributed by atoms with Crippen LogP contribution in [0, 0.1) is 5.92 Å². The molecule has 2 rings (SSSR count). The van der Waals surface area contributed by atoms with Crippen LogP contribution in [0.3, 0.4) is 0 Å². The van der Waals surface area contributed by atoms with Crippen LogP contribution in [-0.2, 0) is 9.47 Å². The second-order valence-corrected chi connectivity index (χ2v) is 6.67. The Bertz CT molecular complexity index is 639. The number of hydrogen-bond acceptors (Lipinski definition) is 5. The summed E-state index contributed by atoms with van der Waals surface area (Å²) in [5.41, 5.74) is 2.28. The van der Waals surface area contributed by atoms with E-state index in [1.807, 2.05) is 36.4 Å². The molecule has 28 heavy (non-hydrogen) atoms. The van der Waals surface area contributed by atoms with Crippen LogP contribution in [0.1, 0.15) is 20.3 Å². The van der Waals surface area contributed by atoms with E-state index < -0.39 is 0 Å². The summed E-state index contributed by atoms with van der Waals surface area (Å²) < 4.78 is 22.0. The molecule has 0 fully saturated rings. The molecule has 0 bridgehead atoms. The summed E-state index contributed by atoms with van der Waals surface area (Å²) in [7, 11) is 0. The highest BCUT2D eigenvalue weighted by Crippen LogP contribution is 2.25. The van der Waals surface area contributed by atoms with Crippen LogP contribution in [0.4, 0.5) is 0 Å². The van der Waals surface area contributed by atoms with E-state index in [0.717, 1.165) is 35.7 Å². The van der Waals surface area contributed by atoms with E-state index in [1.165, 1.54) is 0 Å².